The molecule has 0 spiro atoms. The Hall–Kier alpha value is -4.46. The number of rotatable bonds is 5. The second-order valence-corrected chi connectivity index (χ2v) is 7.14. The highest BCUT2D eigenvalue weighted by molar-refractivity contribution is 6.04. The van der Waals surface area contributed by atoms with E-state index in [1.807, 2.05) is 42.5 Å². The third kappa shape index (κ3) is 3.86. The molecule has 4 heterocycles. The van der Waals surface area contributed by atoms with Gasteiger partial charge >= 0.3 is 0 Å². The lowest BCUT2D eigenvalue weighted by Crippen LogP contribution is -2.16. The zero-order valence-electron chi connectivity index (χ0n) is 16.4. The summed E-state index contributed by atoms with van der Waals surface area (Å²) in [6.45, 7) is 0.571. The van der Waals surface area contributed by atoms with Gasteiger partial charge in [-0.1, -0.05) is 18.2 Å². The lowest BCUT2D eigenvalue weighted by atomic mass is 10.1. The Bertz CT molecular complexity index is 1400. The maximum absolute atomic E-state index is 12.8. The lowest BCUT2D eigenvalue weighted by molar-refractivity contribution is 0.102. The lowest BCUT2D eigenvalue weighted by Gasteiger charge is -2.04. The highest BCUT2D eigenvalue weighted by Crippen LogP contribution is 2.22. The van der Waals surface area contributed by atoms with Crippen molar-refractivity contribution in [2.45, 2.75) is 6.54 Å². The molecule has 4 aromatic heterocycles. The summed E-state index contributed by atoms with van der Waals surface area (Å²) in [4.78, 5) is 35.0. The zero-order valence-corrected chi connectivity index (χ0v) is 16.4. The van der Waals surface area contributed by atoms with Gasteiger partial charge in [-0.15, -0.1) is 0 Å². The summed E-state index contributed by atoms with van der Waals surface area (Å²) in [5, 5.41) is 8.10. The first-order chi connectivity index (χ1) is 15.2. The Kier molecular flexibility index (Phi) is 4.64. The average molecular weight is 410 g/mol. The molecular weight excluding hydrogens is 392 g/mol. The van der Waals surface area contributed by atoms with Crippen molar-refractivity contribution in [2.24, 2.45) is 0 Å². The second-order valence-electron chi connectivity index (χ2n) is 7.14. The predicted molar refractivity (Wildman–Crippen MR) is 118 cm³/mol. The first-order valence-corrected chi connectivity index (χ1v) is 9.69. The van der Waals surface area contributed by atoms with E-state index in [0.717, 1.165) is 16.5 Å². The number of carbonyl (C=O) groups is 1. The Balaban J connectivity index is 1.36. The summed E-state index contributed by atoms with van der Waals surface area (Å²) in [5.41, 5.74) is 3.67. The number of fused-ring (bicyclic) bond motifs is 1. The van der Waals surface area contributed by atoms with Crippen molar-refractivity contribution in [3.63, 3.8) is 0 Å². The summed E-state index contributed by atoms with van der Waals surface area (Å²) in [6.07, 6.45) is 8.20. The molecule has 5 rings (SSSR count). The Morgan fingerprint density at radius 3 is 2.77 bits per heavy atom. The van der Waals surface area contributed by atoms with Gasteiger partial charge in [0, 0.05) is 35.7 Å². The fourth-order valence-corrected chi connectivity index (χ4v) is 3.43. The van der Waals surface area contributed by atoms with Gasteiger partial charge in [0.25, 0.3) is 11.5 Å². The molecule has 0 atom stereocenters. The number of aromatic nitrogens is 5. The van der Waals surface area contributed by atoms with Crippen molar-refractivity contribution < 1.29 is 4.79 Å². The van der Waals surface area contributed by atoms with Crippen LogP contribution in [0.3, 0.4) is 0 Å². The van der Waals surface area contributed by atoms with E-state index in [-0.39, 0.29) is 11.5 Å². The fraction of sp³-hybridized carbons (Fsp3) is 0.0435. The number of amides is 1. The molecule has 8 heteroatoms. The molecule has 1 aromatic carbocycles. The largest absolute Gasteiger partial charge is 0.354 e. The number of carbonyl (C=O) groups excluding carboxylic acids is 1. The van der Waals surface area contributed by atoms with Crippen LogP contribution in [0.5, 0.6) is 0 Å². The Morgan fingerprint density at radius 2 is 1.94 bits per heavy atom. The van der Waals surface area contributed by atoms with Crippen LogP contribution in [0, 0.1) is 0 Å². The molecule has 0 fully saturated rings. The van der Waals surface area contributed by atoms with Crippen LogP contribution in [-0.4, -0.2) is 30.6 Å². The third-order valence-electron chi connectivity index (χ3n) is 4.97. The van der Waals surface area contributed by atoms with Gasteiger partial charge in [0.1, 0.15) is 0 Å². The molecule has 31 heavy (non-hydrogen) atoms. The van der Waals surface area contributed by atoms with Gasteiger partial charge in [-0.05, 0) is 35.9 Å². The van der Waals surface area contributed by atoms with Crippen LogP contribution < -0.4 is 10.9 Å². The van der Waals surface area contributed by atoms with Gasteiger partial charge in [-0.25, -0.2) is 0 Å². The number of nitrogens with one attached hydrogen (secondary N) is 3. The number of hydrogen-bond donors (Lipinski definition) is 3. The van der Waals surface area contributed by atoms with Gasteiger partial charge in [0.05, 0.1) is 35.2 Å². The molecular formula is C23H18N6O2. The van der Waals surface area contributed by atoms with Crippen LogP contribution in [0.2, 0.25) is 0 Å². The van der Waals surface area contributed by atoms with E-state index in [0.29, 0.717) is 29.1 Å². The van der Waals surface area contributed by atoms with Crippen LogP contribution in [0.25, 0.3) is 22.2 Å². The SMILES string of the molecule is O=C(Nc1cnn(Cc2ccncc2)c1)c1c[nH]c(=O)c(-c2cc3ccccc3[nH]2)c1. The minimum atomic E-state index is -0.336. The average Bonchev–Trinajstić information content (AvgIpc) is 3.41. The van der Waals surface area contributed by atoms with Crippen molar-refractivity contribution in [3.05, 3.63) is 101 Å². The van der Waals surface area contributed by atoms with E-state index in [4.69, 9.17) is 0 Å². The summed E-state index contributed by atoms with van der Waals surface area (Å²) < 4.78 is 1.73. The molecule has 152 valence electrons. The van der Waals surface area contributed by atoms with Crippen molar-refractivity contribution in [3.8, 4) is 11.3 Å². The minimum absolute atomic E-state index is 0.270. The molecule has 0 unspecified atom stereocenters. The molecule has 0 saturated heterocycles. The molecule has 3 N–H and O–H groups in total. The van der Waals surface area contributed by atoms with Gasteiger partial charge < -0.3 is 15.3 Å². The summed E-state index contributed by atoms with van der Waals surface area (Å²) in [5.74, 6) is -0.336. The van der Waals surface area contributed by atoms with Crippen LogP contribution in [0.15, 0.2) is 84.3 Å². The normalized spacial score (nSPS) is 11.0. The first-order valence-electron chi connectivity index (χ1n) is 9.69. The maximum atomic E-state index is 12.8. The topological polar surface area (TPSA) is 108 Å². The molecule has 0 bridgehead atoms. The minimum Gasteiger partial charge on any atom is -0.354 e. The van der Waals surface area contributed by atoms with E-state index in [9.17, 15) is 9.59 Å². The molecule has 0 aliphatic carbocycles. The summed E-state index contributed by atoms with van der Waals surface area (Å²) in [7, 11) is 0. The van der Waals surface area contributed by atoms with Crippen molar-refractivity contribution in [2.75, 3.05) is 5.32 Å². The van der Waals surface area contributed by atoms with E-state index >= 15 is 0 Å². The van der Waals surface area contributed by atoms with E-state index in [1.54, 1.807) is 35.5 Å². The number of pyridine rings is 2. The van der Waals surface area contributed by atoms with Crippen molar-refractivity contribution in [1.82, 2.24) is 24.7 Å². The first kappa shape index (κ1) is 18.6. The van der Waals surface area contributed by atoms with Crippen LogP contribution >= 0.6 is 0 Å². The van der Waals surface area contributed by atoms with Crippen molar-refractivity contribution in [1.29, 1.82) is 0 Å². The molecule has 0 radical (unpaired) electrons. The highest BCUT2D eigenvalue weighted by atomic mass is 16.2. The van der Waals surface area contributed by atoms with Crippen LogP contribution in [-0.2, 0) is 6.54 Å². The smallest absolute Gasteiger partial charge is 0.257 e. The number of aromatic amines is 2. The number of para-hydroxylation sites is 1. The van der Waals surface area contributed by atoms with Crippen LogP contribution in [0.1, 0.15) is 15.9 Å². The van der Waals surface area contributed by atoms with Gasteiger partial charge in [0.15, 0.2) is 0 Å². The summed E-state index contributed by atoms with van der Waals surface area (Å²) >= 11 is 0. The second kappa shape index (κ2) is 7.75. The molecule has 0 saturated carbocycles. The quantitative estimate of drug-likeness (QED) is 0.412. The fourth-order valence-electron chi connectivity index (χ4n) is 3.43. The standard InChI is InChI=1S/C23H18N6O2/c30-22(27-18-12-26-29(14-18)13-15-5-7-24-8-6-15)17-9-19(23(31)25-11-17)21-10-16-3-1-2-4-20(16)28-21/h1-12,14,28H,13H2,(H,25,31)(H,27,30). The number of hydrogen-bond acceptors (Lipinski definition) is 4. The zero-order chi connectivity index (χ0) is 21.2. The molecule has 0 aliphatic heterocycles. The Labute approximate surface area is 176 Å². The third-order valence-corrected chi connectivity index (χ3v) is 4.97. The van der Waals surface area contributed by atoms with Crippen LogP contribution in [0.4, 0.5) is 5.69 Å². The monoisotopic (exact) mass is 410 g/mol. The van der Waals surface area contributed by atoms with E-state index in [2.05, 4.69) is 25.4 Å². The van der Waals surface area contributed by atoms with E-state index < -0.39 is 0 Å². The number of benzene rings is 1. The predicted octanol–water partition coefficient (Wildman–Crippen LogP) is 3.42. The molecule has 1 amide bonds. The Morgan fingerprint density at radius 1 is 1.10 bits per heavy atom. The highest BCUT2D eigenvalue weighted by Gasteiger charge is 2.13. The number of H-pyrrole nitrogens is 2. The van der Waals surface area contributed by atoms with Crippen molar-refractivity contribution >= 4 is 22.5 Å². The van der Waals surface area contributed by atoms with Gasteiger partial charge in [-0.2, -0.15) is 5.10 Å². The van der Waals surface area contributed by atoms with Gasteiger partial charge in [-0.3, -0.25) is 19.3 Å². The van der Waals surface area contributed by atoms with E-state index in [1.165, 1.54) is 6.20 Å². The molecule has 0 aliphatic rings. The van der Waals surface area contributed by atoms with Gasteiger partial charge in [0.2, 0.25) is 0 Å². The summed E-state index contributed by atoms with van der Waals surface area (Å²) in [6, 6.07) is 15.0. The maximum Gasteiger partial charge on any atom is 0.257 e. The molecule has 8 nitrogen and oxygen atoms in total. The number of anilines is 1. The number of nitrogens with zero attached hydrogens (tertiary/aromatic N) is 3. The molecule has 5 aromatic rings.